The molecule has 1 aromatic carbocycles. The highest BCUT2D eigenvalue weighted by Gasteiger charge is 2.13. The van der Waals surface area contributed by atoms with Crippen molar-refractivity contribution in [1.82, 2.24) is 4.90 Å². The van der Waals surface area contributed by atoms with E-state index in [4.69, 9.17) is 16.7 Å². The summed E-state index contributed by atoms with van der Waals surface area (Å²) in [6, 6.07) is 6.86. The van der Waals surface area contributed by atoms with Crippen molar-refractivity contribution in [3.05, 3.63) is 34.9 Å². The molecule has 0 radical (unpaired) electrons. The third-order valence-corrected chi connectivity index (χ3v) is 2.22. The van der Waals surface area contributed by atoms with E-state index in [9.17, 15) is 4.79 Å². The number of likely N-dealkylation sites (N-methyl/N-ethyl adjacent to an activating group) is 1. The number of carbonyl (C=O) groups excluding carboxylic acids is 1. The molecule has 0 aliphatic rings. The van der Waals surface area contributed by atoms with Gasteiger partial charge in [-0.25, -0.2) is 0 Å². The number of hydrogen-bond donors (Lipinski definition) is 1. The van der Waals surface area contributed by atoms with Crippen molar-refractivity contribution < 1.29 is 9.90 Å². The summed E-state index contributed by atoms with van der Waals surface area (Å²) < 4.78 is 0. The number of carbonyl (C=O) groups is 1. The largest absolute Gasteiger partial charge is 0.395 e. The van der Waals surface area contributed by atoms with E-state index in [-0.39, 0.29) is 12.5 Å². The van der Waals surface area contributed by atoms with Crippen LogP contribution < -0.4 is 0 Å². The predicted molar refractivity (Wildman–Crippen MR) is 55.5 cm³/mol. The molecule has 0 fully saturated rings. The van der Waals surface area contributed by atoms with E-state index in [1.807, 2.05) is 0 Å². The van der Waals surface area contributed by atoms with Gasteiger partial charge in [0.25, 0.3) is 5.91 Å². The lowest BCUT2D eigenvalue weighted by Gasteiger charge is -2.16. The zero-order valence-electron chi connectivity index (χ0n) is 7.90. The summed E-state index contributed by atoms with van der Waals surface area (Å²) in [6.07, 6.45) is 0. The van der Waals surface area contributed by atoms with Crippen LogP contribution in [0.2, 0.25) is 5.02 Å². The summed E-state index contributed by atoms with van der Waals surface area (Å²) in [5.41, 5.74) is 0.463. The highest BCUT2D eigenvalue weighted by Crippen LogP contribution is 2.16. The van der Waals surface area contributed by atoms with Crippen molar-refractivity contribution in [3.63, 3.8) is 0 Å². The third kappa shape index (κ3) is 2.47. The SMILES string of the molecule is CN(CCO)C(=O)c1ccccc1Cl. The molecule has 14 heavy (non-hydrogen) atoms. The Labute approximate surface area is 87.9 Å². The molecule has 1 N–H and O–H groups in total. The van der Waals surface area contributed by atoms with Crippen LogP contribution in [0.3, 0.4) is 0 Å². The fourth-order valence-corrected chi connectivity index (χ4v) is 1.31. The average Bonchev–Trinajstić information content (AvgIpc) is 2.18. The molecule has 76 valence electrons. The lowest BCUT2D eigenvalue weighted by Crippen LogP contribution is -2.29. The van der Waals surface area contributed by atoms with Crippen molar-refractivity contribution in [3.8, 4) is 0 Å². The molecule has 0 bridgehead atoms. The van der Waals surface area contributed by atoms with Gasteiger partial charge in [0.05, 0.1) is 17.2 Å². The first-order chi connectivity index (χ1) is 6.66. The smallest absolute Gasteiger partial charge is 0.255 e. The summed E-state index contributed by atoms with van der Waals surface area (Å²) in [4.78, 5) is 13.1. The second kappa shape index (κ2) is 4.98. The second-order valence-corrected chi connectivity index (χ2v) is 3.34. The van der Waals surface area contributed by atoms with Gasteiger partial charge in [0, 0.05) is 13.6 Å². The Morgan fingerprint density at radius 3 is 2.71 bits per heavy atom. The number of amides is 1. The topological polar surface area (TPSA) is 40.5 Å². The van der Waals surface area contributed by atoms with Crippen molar-refractivity contribution in [2.75, 3.05) is 20.2 Å². The first kappa shape index (κ1) is 11.0. The van der Waals surface area contributed by atoms with E-state index < -0.39 is 0 Å². The maximum absolute atomic E-state index is 11.7. The Morgan fingerprint density at radius 2 is 2.14 bits per heavy atom. The fourth-order valence-electron chi connectivity index (χ4n) is 1.09. The van der Waals surface area contributed by atoms with Crippen LogP contribution in [0.1, 0.15) is 10.4 Å². The maximum Gasteiger partial charge on any atom is 0.255 e. The van der Waals surface area contributed by atoms with E-state index >= 15 is 0 Å². The van der Waals surface area contributed by atoms with Crippen LogP contribution in [0.25, 0.3) is 0 Å². The van der Waals surface area contributed by atoms with E-state index in [0.29, 0.717) is 17.1 Å². The molecule has 1 aromatic rings. The van der Waals surface area contributed by atoms with Crippen LogP contribution in [0.4, 0.5) is 0 Å². The summed E-state index contributed by atoms with van der Waals surface area (Å²) in [5, 5.41) is 9.11. The van der Waals surface area contributed by atoms with Crippen LogP contribution in [0.5, 0.6) is 0 Å². The monoisotopic (exact) mass is 213 g/mol. The van der Waals surface area contributed by atoms with Gasteiger partial charge >= 0.3 is 0 Å². The van der Waals surface area contributed by atoms with Gasteiger partial charge < -0.3 is 10.0 Å². The molecule has 0 aromatic heterocycles. The molecule has 1 rings (SSSR count). The minimum absolute atomic E-state index is 0.0489. The van der Waals surface area contributed by atoms with Crippen molar-refractivity contribution >= 4 is 17.5 Å². The zero-order valence-corrected chi connectivity index (χ0v) is 8.66. The molecule has 3 nitrogen and oxygen atoms in total. The van der Waals surface area contributed by atoms with Crippen LogP contribution >= 0.6 is 11.6 Å². The third-order valence-electron chi connectivity index (χ3n) is 1.89. The minimum atomic E-state index is -0.176. The molecule has 0 unspecified atom stereocenters. The minimum Gasteiger partial charge on any atom is -0.395 e. The molecule has 4 heteroatoms. The van der Waals surface area contributed by atoms with E-state index in [1.165, 1.54) is 4.90 Å². The van der Waals surface area contributed by atoms with Gasteiger partial charge in [-0.05, 0) is 12.1 Å². The Bertz CT molecular complexity index is 328. The Morgan fingerprint density at radius 1 is 1.50 bits per heavy atom. The van der Waals surface area contributed by atoms with Gasteiger partial charge in [-0.15, -0.1) is 0 Å². The van der Waals surface area contributed by atoms with Gasteiger partial charge in [-0.3, -0.25) is 4.79 Å². The van der Waals surface area contributed by atoms with Crippen LogP contribution in [0, 0.1) is 0 Å². The number of aliphatic hydroxyl groups excluding tert-OH is 1. The highest BCUT2D eigenvalue weighted by molar-refractivity contribution is 6.33. The van der Waals surface area contributed by atoms with Crippen LogP contribution in [-0.2, 0) is 0 Å². The number of nitrogens with zero attached hydrogens (tertiary/aromatic N) is 1. The van der Waals surface area contributed by atoms with Crippen LogP contribution in [-0.4, -0.2) is 36.1 Å². The molecule has 0 aliphatic carbocycles. The number of benzene rings is 1. The molecular formula is C10H12ClNO2. The first-order valence-corrected chi connectivity index (χ1v) is 4.65. The number of rotatable bonds is 3. The summed E-state index contributed by atoms with van der Waals surface area (Å²) in [6.45, 7) is 0.261. The lowest BCUT2D eigenvalue weighted by atomic mass is 10.2. The predicted octanol–water partition coefficient (Wildman–Crippen LogP) is 1.40. The fraction of sp³-hybridized carbons (Fsp3) is 0.300. The lowest BCUT2D eigenvalue weighted by molar-refractivity contribution is 0.0767. The van der Waals surface area contributed by atoms with Crippen molar-refractivity contribution in [2.24, 2.45) is 0 Å². The number of aliphatic hydroxyl groups is 1. The van der Waals surface area contributed by atoms with Crippen molar-refractivity contribution in [1.29, 1.82) is 0 Å². The van der Waals surface area contributed by atoms with E-state index in [2.05, 4.69) is 0 Å². The second-order valence-electron chi connectivity index (χ2n) is 2.93. The summed E-state index contributed by atoms with van der Waals surface area (Å²) >= 11 is 5.85. The van der Waals surface area contributed by atoms with Crippen LogP contribution in [0.15, 0.2) is 24.3 Å². The molecular weight excluding hydrogens is 202 g/mol. The maximum atomic E-state index is 11.7. The van der Waals surface area contributed by atoms with E-state index in [1.54, 1.807) is 31.3 Å². The quantitative estimate of drug-likeness (QED) is 0.825. The molecule has 1 amide bonds. The zero-order chi connectivity index (χ0) is 10.6. The van der Waals surface area contributed by atoms with Gasteiger partial charge in [0.1, 0.15) is 0 Å². The molecule has 0 aliphatic heterocycles. The Kier molecular flexibility index (Phi) is 3.92. The first-order valence-electron chi connectivity index (χ1n) is 4.27. The van der Waals surface area contributed by atoms with Crippen molar-refractivity contribution in [2.45, 2.75) is 0 Å². The Hall–Kier alpha value is -1.06. The molecule has 0 saturated carbocycles. The molecule has 0 atom stereocenters. The van der Waals surface area contributed by atoms with Gasteiger partial charge in [0.2, 0.25) is 0 Å². The summed E-state index contributed by atoms with van der Waals surface area (Å²) in [7, 11) is 1.63. The van der Waals surface area contributed by atoms with Gasteiger partial charge in [-0.2, -0.15) is 0 Å². The number of halogens is 1. The molecule has 0 heterocycles. The van der Waals surface area contributed by atoms with Gasteiger partial charge in [-0.1, -0.05) is 23.7 Å². The van der Waals surface area contributed by atoms with E-state index in [0.717, 1.165) is 0 Å². The average molecular weight is 214 g/mol. The number of hydrogen-bond acceptors (Lipinski definition) is 2. The molecule has 0 spiro atoms. The summed E-state index contributed by atoms with van der Waals surface area (Å²) in [5.74, 6) is -0.176. The normalized spacial score (nSPS) is 9.93. The van der Waals surface area contributed by atoms with Gasteiger partial charge in [0.15, 0.2) is 0 Å². The standard InChI is InChI=1S/C10H12ClNO2/c1-12(6-7-13)10(14)8-4-2-3-5-9(8)11/h2-5,13H,6-7H2,1H3. The Balaban J connectivity index is 2.84. The highest BCUT2D eigenvalue weighted by atomic mass is 35.5. The molecule has 0 saturated heterocycles.